The second-order valence-corrected chi connectivity index (χ2v) is 11.5. The van der Waals surface area contributed by atoms with Crippen LogP contribution in [0.15, 0.2) is 42.5 Å². The van der Waals surface area contributed by atoms with Crippen molar-refractivity contribution in [2.45, 2.75) is 33.4 Å². The van der Waals surface area contributed by atoms with E-state index in [0.717, 1.165) is 10.6 Å². The molecule has 0 aromatic heterocycles. The Kier molecular flexibility index (Phi) is 10.1. The fourth-order valence-electron chi connectivity index (χ4n) is 3.12. The minimum Gasteiger partial charge on any atom is -0.354 e. The molecule has 2 amide bonds. The third-order valence-electron chi connectivity index (χ3n) is 5.01. The zero-order valence-electron chi connectivity index (χ0n) is 19.4. The van der Waals surface area contributed by atoms with Crippen LogP contribution in [0.2, 0.25) is 15.1 Å². The number of nitrogens with one attached hydrogen (secondary N) is 1. The van der Waals surface area contributed by atoms with Crippen molar-refractivity contribution < 1.29 is 18.0 Å². The van der Waals surface area contributed by atoms with Gasteiger partial charge in [0.15, 0.2) is 0 Å². The molecule has 0 aliphatic carbocycles. The monoisotopic (exact) mass is 547 g/mol. The Hall–Kier alpha value is -2.00. The number of hydrogen-bond donors (Lipinski definition) is 1. The number of rotatable bonds is 10. The molecule has 2 rings (SSSR count). The van der Waals surface area contributed by atoms with Crippen molar-refractivity contribution in [1.82, 2.24) is 10.2 Å². The molecule has 0 aliphatic rings. The lowest BCUT2D eigenvalue weighted by molar-refractivity contribution is -0.139. The predicted octanol–water partition coefficient (Wildman–Crippen LogP) is 4.60. The smallest absolute Gasteiger partial charge is 0.244 e. The van der Waals surface area contributed by atoms with Crippen LogP contribution in [0.5, 0.6) is 0 Å². The fourth-order valence-corrected chi connectivity index (χ4v) is 4.73. The van der Waals surface area contributed by atoms with Crippen LogP contribution in [-0.4, -0.2) is 50.5 Å². The lowest BCUT2D eigenvalue weighted by Gasteiger charge is -2.32. The van der Waals surface area contributed by atoms with E-state index in [4.69, 9.17) is 34.8 Å². The molecule has 0 unspecified atom stereocenters. The van der Waals surface area contributed by atoms with Crippen LogP contribution in [0.4, 0.5) is 5.69 Å². The summed E-state index contributed by atoms with van der Waals surface area (Å²) in [6.45, 7) is 5.35. The number of hydrogen-bond acceptors (Lipinski definition) is 4. The van der Waals surface area contributed by atoms with Gasteiger partial charge in [-0.05, 0) is 42.7 Å². The largest absolute Gasteiger partial charge is 0.354 e. The van der Waals surface area contributed by atoms with Crippen molar-refractivity contribution in [2.24, 2.45) is 5.92 Å². The van der Waals surface area contributed by atoms with Crippen LogP contribution in [0.3, 0.4) is 0 Å². The van der Waals surface area contributed by atoms with Crippen molar-refractivity contribution in [1.29, 1.82) is 0 Å². The molecule has 0 saturated carbocycles. The summed E-state index contributed by atoms with van der Waals surface area (Å²) in [6.07, 6.45) is 0.989. The number of amides is 2. The van der Waals surface area contributed by atoms with E-state index >= 15 is 0 Å². The topological polar surface area (TPSA) is 86.8 Å². The number of benzene rings is 2. The van der Waals surface area contributed by atoms with E-state index in [1.54, 1.807) is 31.2 Å². The van der Waals surface area contributed by atoms with Crippen molar-refractivity contribution in [3.05, 3.63) is 63.1 Å². The predicted molar refractivity (Wildman–Crippen MR) is 138 cm³/mol. The van der Waals surface area contributed by atoms with E-state index in [2.05, 4.69) is 5.32 Å². The molecule has 0 bridgehead atoms. The summed E-state index contributed by atoms with van der Waals surface area (Å²) in [5.74, 6) is -0.744. The Morgan fingerprint density at radius 3 is 2.21 bits per heavy atom. The lowest BCUT2D eigenvalue weighted by atomic mass is 10.1. The summed E-state index contributed by atoms with van der Waals surface area (Å²) in [6, 6.07) is 10.2. The average Bonchev–Trinajstić information content (AvgIpc) is 2.74. The summed E-state index contributed by atoms with van der Waals surface area (Å²) in [4.78, 5) is 27.6. The first kappa shape index (κ1) is 28.2. The second kappa shape index (κ2) is 12.1. The molecule has 1 N–H and O–H groups in total. The first-order valence-corrected chi connectivity index (χ1v) is 13.5. The molecule has 11 heteroatoms. The molecule has 1 atom stereocenters. The second-order valence-electron chi connectivity index (χ2n) is 8.29. The van der Waals surface area contributed by atoms with Gasteiger partial charge < -0.3 is 10.2 Å². The van der Waals surface area contributed by atoms with Gasteiger partial charge in [-0.1, -0.05) is 66.8 Å². The molecule has 7 nitrogen and oxygen atoms in total. The van der Waals surface area contributed by atoms with Gasteiger partial charge in [-0.3, -0.25) is 13.9 Å². The van der Waals surface area contributed by atoms with Gasteiger partial charge in [-0.25, -0.2) is 8.42 Å². The van der Waals surface area contributed by atoms with Gasteiger partial charge in [-0.15, -0.1) is 0 Å². The Morgan fingerprint density at radius 1 is 1.00 bits per heavy atom. The molecule has 34 heavy (non-hydrogen) atoms. The standard InChI is InChI=1S/C23H28Cl3N3O4S/c1-15(2)12-27-23(31)16(3)28(13-17-9-10-18(24)11-20(17)26)22(30)14-29(34(4,32)33)21-8-6-5-7-19(21)25/h5-11,15-16H,12-14H2,1-4H3,(H,27,31)/t16-/m1/s1. The van der Waals surface area contributed by atoms with E-state index in [-0.39, 0.29) is 29.1 Å². The van der Waals surface area contributed by atoms with Crippen molar-refractivity contribution in [3.8, 4) is 0 Å². The minimum absolute atomic E-state index is 0.0226. The lowest BCUT2D eigenvalue weighted by Crippen LogP contribution is -2.51. The highest BCUT2D eigenvalue weighted by atomic mass is 35.5. The highest BCUT2D eigenvalue weighted by Gasteiger charge is 2.31. The third kappa shape index (κ3) is 7.77. The Bertz CT molecular complexity index is 1140. The highest BCUT2D eigenvalue weighted by molar-refractivity contribution is 7.92. The van der Waals surface area contributed by atoms with E-state index in [0.29, 0.717) is 22.2 Å². The van der Waals surface area contributed by atoms with Gasteiger partial charge in [0.05, 0.1) is 17.0 Å². The molecule has 0 saturated heterocycles. The van der Waals surface area contributed by atoms with Crippen LogP contribution < -0.4 is 9.62 Å². The van der Waals surface area contributed by atoms with Gasteiger partial charge in [0.25, 0.3) is 0 Å². The maximum Gasteiger partial charge on any atom is 0.244 e. The summed E-state index contributed by atoms with van der Waals surface area (Å²) >= 11 is 18.5. The molecule has 0 heterocycles. The maximum absolute atomic E-state index is 13.5. The van der Waals surface area contributed by atoms with Crippen LogP contribution in [0, 0.1) is 5.92 Å². The summed E-state index contributed by atoms with van der Waals surface area (Å²) in [7, 11) is -3.87. The fraction of sp³-hybridized carbons (Fsp3) is 0.391. The molecular weight excluding hydrogens is 521 g/mol. The number of carbonyl (C=O) groups is 2. The van der Waals surface area contributed by atoms with Gasteiger partial charge in [0.1, 0.15) is 12.6 Å². The molecule has 0 aliphatic heterocycles. The number of anilines is 1. The Balaban J connectivity index is 2.41. The summed E-state index contributed by atoms with van der Waals surface area (Å²) in [5, 5.41) is 3.74. The Morgan fingerprint density at radius 2 is 1.65 bits per heavy atom. The van der Waals surface area contributed by atoms with Crippen LogP contribution in [-0.2, 0) is 26.2 Å². The highest BCUT2D eigenvalue weighted by Crippen LogP contribution is 2.28. The molecule has 0 spiro atoms. The molecule has 2 aromatic carbocycles. The zero-order chi connectivity index (χ0) is 25.6. The van der Waals surface area contributed by atoms with Gasteiger partial charge in [0, 0.05) is 23.1 Å². The van der Waals surface area contributed by atoms with E-state index < -0.39 is 28.5 Å². The summed E-state index contributed by atoms with van der Waals surface area (Å²) < 4.78 is 26.0. The quantitative estimate of drug-likeness (QED) is 0.470. The third-order valence-corrected chi connectivity index (χ3v) is 7.04. The SMILES string of the molecule is CC(C)CNC(=O)[C@@H](C)N(Cc1ccc(Cl)cc1Cl)C(=O)CN(c1ccccc1Cl)S(C)(=O)=O. The number of sulfonamides is 1. The van der Waals surface area contributed by atoms with Gasteiger partial charge in [0.2, 0.25) is 21.8 Å². The molecule has 0 fully saturated rings. The van der Waals surface area contributed by atoms with Crippen LogP contribution >= 0.6 is 34.8 Å². The number of halogens is 3. The zero-order valence-corrected chi connectivity index (χ0v) is 22.5. The number of carbonyl (C=O) groups excluding carboxylic acids is 2. The molecular formula is C23H28Cl3N3O4S. The van der Waals surface area contributed by atoms with Crippen LogP contribution in [0.1, 0.15) is 26.3 Å². The molecule has 0 radical (unpaired) electrons. The van der Waals surface area contributed by atoms with Crippen molar-refractivity contribution >= 4 is 62.3 Å². The first-order valence-electron chi connectivity index (χ1n) is 10.5. The van der Waals surface area contributed by atoms with E-state index in [1.165, 1.54) is 23.1 Å². The maximum atomic E-state index is 13.5. The normalized spacial score (nSPS) is 12.4. The Labute approximate surface area is 216 Å². The average molecular weight is 549 g/mol. The van der Waals surface area contributed by atoms with Crippen LogP contribution in [0.25, 0.3) is 0 Å². The van der Waals surface area contributed by atoms with Gasteiger partial charge in [-0.2, -0.15) is 0 Å². The number of para-hydroxylation sites is 1. The van der Waals surface area contributed by atoms with Crippen molar-refractivity contribution in [2.75, 3.05) is 23.7 Å². The molecule has 2 aromatic rings. The number of nitrogens with zero attached hydrogens (tertiary/aromatic N) is 2. The van der Waals surface area contributed by atoms with E-state index in [9.17, 15) is 18.0 Å². The summed E-state index contributed by atoms with van der Waals surface area (Å²) in [5.41, 5.74) is 0.730. The minimum atomic E-state index is -3.87. The van der Waals surface area contributed by atoms with Crippen molar-refractivity contribution in [3.63, 3.8) is 0 Å². The van der Waals surface area contributed by atoms with Gasteiger partial charge >= 0.3 is 0 Å². The molecule has 186 valence electrons. The van der Waals surface area contributed by atoms with E-state index in [1.807, 2.05) is 13.8 Å². The first-order chi connectivity index (χ1) is 15.8.